The van der Waals surface area contributed by atoms with Crippen LogP contribution in [0.5, 0.6) is 0 Å². The molecule has 1 atom stereocenters. The molecule has 0 bridgehead atoms. The fourth-order valence-corrected chi connectivity index (χ4v) is 3.85. The van der Waals surface area contributed by atoms with Crippen molar-refractivity contribution in [2.45, 2.75) is 12.6 Å². The Morgan fingerprint density at radius 1 is 1.43 bits per heavy atom. The summed E-state index contributed by atoms with van der Waals surface area (Å²) in [5, 5.41) is 5.20. The van der Waals surface area contributed by atoms with Gasteiger partial charge in [-0.2, -0.15) is 0 Å². The molecule has 2 amide bonds. The standard InChI is InChI=1S/C16H16ClN3O2S/c17-13-4-2-1-3-12(13)14-16(22)19-5-6-20(14)8-11-7-10(9-23-11)15(18)21/h1-4,7,9,14H,5-6,8H2,(H2,18,21)(H,19,22)/t14-/m0/s1. The molecule has 1 fully saturated rings. The van der Waals surface area contributed by atoms with Crippen LogP contribution in [0.3, 0.4) is 0 Å². The first-order valence-electron chi connectivity index (χ1n) is 7.19. The summed E-state index contributed by atoms with van der Waals surface area (Å²) in [4.78, 5) is 26.7. The highest BCUT2D eigenvalue weighted by molar-refractivity contribution is 7.10. The lowest BCUT2D eigenvalue weighted by Gasteiger charge is -2.35. The molecule has 1 aromatic carbocycles. The van der Waals surface area contributed by atoms with Gasteiger partial charge in [0.25, 0.3) is 0 Å². The molecule has 1 saturated heterocycles. The molecule has 1 aromatic heterocycles. The minimum atomic E-state index is -0.438. The molecule has 0 aliphatic carbocycles. The number of piperazine rings is 1. The highest BCUT2D eigenvalue weighted by atomic mass is 35.5. The van der Waals surface area contributed by atoms with E-state index in [2.05, 4.69) is 10.2 Å². The Labute approximate surface area is 143 Å². The van der Waals surface area contributed by atoms with Crippen LogP contribution < -0.4 is 11.1 Å². The summed E-state index contributed by atoms with van der Waals surface area (Å²) in [6.07, 6.45) is 0. The molecule has 2 aromatic rings. The molecule has 0 spiro atoms. The van der Waals surface area contributed by atoms with Crippen LogP contribution in [0.15, 0.2) is 35.7 Å². The van der Waals surface area contributed by atoms with Crippen molar-refractivity contribution >= 4 is 34.8 Å². The first kappa shape index (κ1) is 16.0. The topological polar surface area (TPSA) is 75.4 Å². The van der Waals surface area contributed by atoms with E-state index in [9.17, 15) is 9.59 Å². The summed E-state index contributed by atoms with van der Waals surface area (Å²) in [5.41, 5.74) is 6.58. The molecule has 2 heterocycles. The second kappa shape index (κ2) is 6.70. The molecule has 23 heavy (non-hydrogen) atoms. The number of carbonyl (C=O) groups excluding carboxylic acids is 2. The van der Waals surface area contributed by atoms with E-state index in [-0.39, 0.29) is 5.91 Å². The van der Waals surface area contributed by atoms with E-state index < -0.39 is 11.9 Å². The van der Waals surface area contributed by atoms with Gasteiger partial charge >= 0.3 is 0 Å². The maximum atomic E-state index is 12.4. The van der Waals surface area contributed by atoms with Gasteiger partial charge in [0, 0.05) is 34.9 Å². The largest absolute Gasteiger partial charge is 0.366 e. The predicted octanol–water partition coefficient (Wildman–Crippen LogP) is 2.17. The van der Waals surface area contributed by atoms with Crippen LogP contribution >= 0.6 is 22.9 Å². The molecule has 0 unspecified atom stereocenters. The normalized spacial score (nSPS) is 18.7. The number of rotatable bonds is 4. The van der Waals surface area contributed by atoms with Crippen molar-refractivity contribution in [1.82, 2.24) is 10.2 Å². The van der Waals surface area contributed by atoms with E-state index >= 15 is 0 Å². The Bertz CT molecular complexity index is 746. The van der Waals surface area contributed by atoms with Gasteiger partial charge in [0.1, 0.15) is 6.04 Å². The van der Waals surface area contributed by atoms with Crippen molar-refractivity contribution in [3.05, 3.63) is 56.7 Å². The average Bonchev–Trinajstić information content (AvgIpc) is 2.98. The fourth-order valence-electron chi connectivity index (χ4n) is 2.71. The van der Waals surface area contributed by atoms with E-state index in [1.54, 1.807) is 17.5 Å². The van der Waals surface area contributed by atoms with Gasteiger partial charge in [0.05, 0.1) is 5.56 Å². The zero-order valence-corrected chi connectivity index (χ0v) is 13.9. The first-order chi connectivity index (χ1) is 11.1. The summed E-state index contributed by atoms with van der Waals surface area (Å²) < 4.78 is 0. The number of nitrogens with two attached hydrogens (primary N) is 1. The molecule has 1 aliphatic rings. The Kier molecular flexibility index (Phi) is 4.66. The number of carbonyl (C=O) groups is 2. The van der Waals surface area contributed by atoms with Crippen LogP contribution in [0, 0.1) is 0 Å². The second-order valence-electron chi connectivity index (χ2n) is 5.35. The molecule has 0 radical (unpaired) electrons. The predicted molar refractivity (Wildman–Crippen MR) is 90.4 cm³/mol. The zero-order valence-electron chi connectivity index (χ0n) is 12.3. The van der Waals surface area contributed by atoms with Crippen LogP contribution in [-0.2, 0) is 11.3 Å². The summed E-state index contributed by atoms with van der Waals surface area (Å²) in [6, 6.07) is 8.72. The number of halogens is 1. The number of nitrogens with one attached hydrogen (secondary N) is 1. The number of benzene rings is 1. The lowest BCUT2D eigenvalue weighted by atomic mass is 10.0. The lowest BCUT2D eigenvalue weighted by molar-refractivity contribution is -0.129. The minimum absolute atomic E-state index is 0.0592. The molecule has 3 N–H and O–H groups in total. The van der Waals surface area contributed by atoms with Crippen molar-refractivity contribution < 1.29 is 9.59 Å². The third-order valence-electron chi connectivity index (χ3n) is 3.81. The summed E-state index contributed by atoms with van der Waals surface area (Å²) in [6.45, 7) is 1.88. The first-order valence-corrected chi connectivity index (χ1v) is 8.45. The van der Waals surface area contributed by atoms with Crippen molar-refractivity contribution in [1.29, 1.82) is 0 Å². The second-order valence-corrected chi connectivity index (χ2v) is 6.75. The Morgan fingerprint density at radius 2 is 2.22 bits per heavy atom. The van der Waals surface area contributed by atoms with Crippen LogP contribution in [0.1, 0.15) is 26.8 Å². The van der Waals surface area contributed by atoms with Crippen molar-refractivity contribution in [2.24, 2.45) is 5.73 Å². The van der Waals surface area contributed by atoms with E-state index in [0.717, 1.165) is 10.4 Å². The van der Waals surface area contributed by atoms with E-state index in [0.29, 0.717) is 30.2 Å². The maximum absolute atomic E-state index is 12.4. The molecule has 5 nitrogen and oxygen atoms in total. The Balaban J connectivity index is 1.87. The Morgan fingerprint density at radius 3 is 2.91 bits per heavy atom. The van der Waals surface area contributed by atoms with Gasteiger partial charge in [0.2, 0.25) is 11.8 Å². The molecule has 0 saturated carbocycles. The van der Waals surface area contributed by atoms with Gasteiger partial charge in [-0.05, 0) is 17.7 Å². The van der Waals surface area contributed by atoms with Crippen molar-refractivity contribution in [2.75, 3.05) is 13.1 Å². The lowest BCUT2D eigenvalue weighted by Crippen LogP contribution is -2.49. The van der Waals surface area contributed by atoms with E-state index in [4.69, 9.17) is 17.3 Å². The number of nitrogens with zero attached hydrogens (tertiary/aromatic N) is 1. The molecule has 3 rings (SSSR count). The molecule has 120 valence electrons. The number of hydrogen-bond acceptors (Lipinski definition) is 4. The van der Waals surface area contributed by atoms with Crippen molar-refractivity contribution in [3.8, 4) is 0 Å². The summed E-state index contributed by atoms with van der Waals surface area (Å²) in [5.74, 6) is -0.498. The average molecular weight is 350 g/mol. The number of hydrogen-bond donors (Lipinski definition) is 2. The monoisotopic (exact) mass is 349 g/mol. The highest BCUT2D eigenvalue weighted by Gasteiger charge is 2.32. The number of amides is 2. The molecular weight excluding hydrogens is 334 g/mol. The smallest absolute Gasteiger partial charge is 0.249 e. The van der Waals surface area contributed by atoms with Crippen LogP contribution in [0.25, 0.3) is 0 Å². The molecular formula is C16H16ClN3O2S. The Hall–Kier alpha value is -1.89. The van der Waals surface area contributed by atoms with E-state index in [1.165, 1.54) is 11.3 Å². The third-order valence-corrected chi connectivity index (χ3v) is 5.07. The highest BCUT2D eigenvalue weighted by Crippen LogP contribution is 2.31. The van der Waals surface area contributed by atoms with Gasteiger partial charge < -0.3 is 11.1 Å². The van der Waals surface area contributed by atoms with Gasteiger partial charge in [-0.25, -0.2) is 0 Å². The minimum Gasteiger partial charge on any atom is -0.366 e. The van der Waals surface area contributed by atoms with Gasteiger partial charge in [-0.1, -0.05) is 29.8 Å². The zero-order chi connectivity index (χ0) is 16.4. The number of thiophene rings is 1. The van der Waals surface area contributed by atoms with Crippen LogP contribution in [-0.4, -0.2) is 29.8 Å². The summed E-state index contributed by atoms with van der Waals surface area (Å²) in [7, 11) is 0. The van der Waals surface area contributed by atoms with E-state index in [1.807, 2.05) is 18.2 Å². The number of primary amides is 1. The molecule has 1 aliphatic heterocycles. The van der Waals surface area contributed by atoms with Gasteiger partial charge in [0.15, 0.2) is 0 Å². The van der Waals surface area contributed by atoms with Gasteiger partial charge in [-0.15, -0.1) is 11.3 Å². The summed E-state index contributed by atoms with van der Waals surface area (Å²) >= 11 is 7.74. The maximum Gasteiger partial charge on any atom is 0.249 e. The van der Waals surface area contributed by atoms with Crippen LogP contribution in [0.2, 0.25) is 5.02 Å². The fraction of sp³-hybridized carbons (Fsp3) is 0.250. The molecule has 7 heteroatoms. The van der Waals surface area contributed by atoms with Crippen LogP contribution in [0.4, 0.5) is 0 Å². The SMILES string of the molecule is NC(=O)c1csc(CN2CCNC(=O)[C@@H]2c2ccccc2Cl)c1. The van der Waals surface area contributed by atoms with Gasteiger partial charge in [-0.3, -0.25) is 14.5 Å². The third kappa shape index (κ3) is 3.39. The van der Waals surface area contributed by atoms with Crippen molar-refractivity contribution in [3.63, 3.8) is 0 Å². The quantitative estimate of drug-likeness (QED) is 0.888.